The van der Waals surface area contributed by atoms with Crippen LogP contribution in [0, 0.1) is 0 Å². The lowest BCUT2D eigenvalue weighted by molar-refractivity contribution is 0.0599. The molecule has 0 saturated carbocycles. The molecule has 0 saturated heterocycles. The van der Waals surface area contributed by atoms with E-state index in [-0.39, 0.29) is 0 Å². The van der Waals surface area contributed by atoms with Crippen molar-refractivity contribution in [2.45, 2.75) is 0 Å². The van der Waals surface area contributed by atoms with Gasteiger partial charge in [-0.3, -0.25) is 0 Å². The standard InChI is InChI=1S/C14H18O3/c1-3-15-9-10-16-11-12-17-13(2)14-7-5-4-6-8-14/h3-8H,1-2,9-12H2. The van der Waals surface area contributed by atoms with Crippen LogP contribution in [0.4, 0.5) is 0 Å². The molecule has 1 aromatic rings. The molecule has 0 spiro atoms. The maximum atomic E-state index is 5.45. The summed E-state index contributed by atoms with van der Waals surface area (Å²) in [4.78, 5) is 0. The van der Waals surface area contributed by atoms with Crippen LogP contribution in [0.25, 0.3) is 5.76 Å². The van der Waals surface area contributed by atoms with Crippen LogP contribution in [0.2, 0.25) is 0 Å². The van der Waals surface area contributed by atoms with Gasteiger partial charge in [0.15, 0.2) is 0 Å². The molecule has 0 aromatic heterocycles. The molecule has 3 nitrogen and oxygen atoms in total. The normalized spacial score (nSPS) is 9.65. The van der Waals surface area contributed by atoms with Gasteiger partial charge in [0, 0.05) is 5.56 Å². The molecule has 0 atom stereocenters. The second-order valence-corrected chi connectivity index (χ2v) is 3.29. The lowest BCUT2D eigenvalue weighted by Gasteiger charge is -2.09. The Bertz CT molecular complexity index is 333. The Kier molecular flexibility index (Phi) is 6.60. The quantitative estimate of drug-likeness (QED) is 0.485. The first-order valence-corrected chi connectivity index (χ1v) is 5.52. The number of hydrogen-bond acceptors (Lipinski definition) is 3. The van der Waals surface area contributed by atoms with Crippen LogP contribution < -0.4 is 0 Å². The zero-order chi connectivity index (χ0) is 12.3. The monoisotopic (exact) mass is 234 g/mol. The Morgan fingerprint density at radius 1 is 1.06 bits per heavy atom. The third kappa shape index (κ3) is 5.78. The molecule has 0 unspecified atom stereocenters. The van der Waals surface area contributed by atoms with Gasteiger partial charge in [0.2, 0.25) is 0 Å². The summed E-state index contributed by atoms with van der Waals surface area (Å²) in [6.45, 7) is 9.35. The number of rotatable bonds is 9. The topological polar surface area (TPSA) is 27.7 Å². The van der Waals surface area contributed by atoms with Gasteiger partial charge in [0.25, 0.3) is 0 Å². The minimum Gasteiger partial charge on any atom is -0.499 e. The summed E-state index contributed by atoms with van der Waals surface area (Å²) in [6.07, 6.45) is 1.40. The molecule has 0 aliphatic carbocycles. The smallest absolute Gasteiger partial charge is 0.119 e. The second kappa shape index (κ2) is 8.42. The Hall–Kier alpha value is -1.74. The van der Waals surface area contributed by atoms with Gasteiger partial charge in [-0.15, -0.1) is 0 Å². The number of ether oxygens (including phenoxy) is 3. The van der Waals surface area contributed by atoms with Gasteiger partial charge in [-0.05, 0) is 0 Å². The van der Waals surface area contributed by atoms with Crippen LogP contribution in [0.1, 0.15) is 5.56 Å². The Morgan fingerprint density at radius 2 is 1.76 bits per heavy atom. The van der Waals surface area contributed by atoms with Crippen LogP contribution >= 0.6 is 0 Å². The van der Waals surface area contributed by atoms with E-state index in [4.69, 9.17) is 14.2 Å². The van der Waals surface area contributed by atoms with Crippen molar-refractivity contribution in [3.8, 4) is 0 Å². The van der Waals surface area contributed by atoms with Crippen LogP contribution in [0.3, 0.4) is 0 Å². The second-order valence-electron chi connectivity index (χ2n) is 3.29. The summed E-state index contributed by atoms with van der Waals surface area (Å²) in [5.41, 5.74) is 0.988. The fourth-order valence-corrected chi connectivity index (χ4v) is 1.22. The Balaban J connectivity index is 2.07. The SMILES string of the molecule is C=COCCOCCOC(=C)c1ccccc1. The van der Waals surface area contributed by atoms with Crippen molar-refractivity contribution in [2.24, 2.45) is 0 Å². The molecule has 0 heterocycles. The van der Waals surface area contributed by atoms with E-state index in [9.17, 15) is 0 Å². The van der Waals surface area contributed by atoms with Gasteiger partial charge < -0.3 is 14.2 Å². The number of benzene rings is 1. The van der Waals surface area contributed by atoms with Crippen LogP contribution in [-0.2, 0) is 14.2 Å². The van der Waals surface area contributed by atoms with Gasteiger partial charge in [0.1, 0.15) is 19.0 Å². The van der Waals surface area contributed by atoms with E-state index in [0.717, 1.165) is 5.56 Å². The maximum absolute atomic E-state index is 5.45. The largest absolute Gasteiger partial charge is 0.499 e. The van der Waals surface area contributed by atoms with E-state index in [0.29, 0.717) is 32.2 Å². The molecule has 92 valence electrons. The maximum Gasteiger partial charge on any atom is 0.119 e. The predicted molar refractivity (Wildman–Crippen MR) is 68.4 cm³/mol. The van der Waals surface area contributed by atoms with E-state index >= 15 is 0 Å². The summed E-state index contributed by atoms with van der Waals surface area (Å²) in [7, 11) is 0. The summed E-state index contributed by atoms with van der Waals surface area (Å²) in [5, 5.41) is 0. The summed E-state index contributed by atoms with van der Waals surface area (Å²) >= 11 is 0. The van der Waals surface area contributed by atoms with E-state index < -0.39 is 0 Å². The minimum atomic E-state index is 0.488. The molecular formula is C14H18O3. The van der Waals surface area contributed by atoms with Crippen molar-refractivity contribution in [3.05, 3.63) is 55.3 Å². The first kappa shape index (κ1) is 13.3. The molecule has 0 N–H and O–H groups in total. The van der Waals surface area contributed by atoms with Crippen molar-refractivity contribution in [3.63, 3.8) is 0 Å². The van der Waals surface area contributed by atoms with Crippen molar-refractivity contribution in [1.82, 2.24) is 0 Å². The minimum absolute atomic E-state index is 0.488. The molecular weight excluding hydrogens is 216 g/mol. The van der Waals surface area contributed by atoms with E-state index in [1.165, 1.54) is 6.26 Å². The molecule has 0 amide bonds. The highest BCUT2D eigenvalue weighted by atomic mass is 16.5. The summed E-state index contributed by atoms with van der Waals surface area (Å²) in [5.74, 6) is 0.663. The molecule has 0 radical (unpaired) electrons. The molecule has 0 aliphatic heterocycles. The fraction of sp³-hybridized carbons (Fsp3) is 0.286. The molecule has 0 fully saturated rings. The highest BCUT2D eigenvalue weighted by Crippen LogP contribution is 2.12. The van der Waals surface area contributed by atoms with E-state index in [2.05, 4.69) is 13.2 Å². The van der Waals surface area contributed by atoms with Gasteiger partial charge >= 0.3 is 0 Å². The Morgan fingerprint density at radius 3 is 2.47 bits per heavy atom. The van der Waals surface area contributed by atoms with E-state index in [1.807, 2.05) is 30.3 Å². The molecule has 17 heavy (non-hydrogen) atoms. The first-order valence-electron chi connectivity index (χ1n) is 5.52. The molecule has 0 aliphatic rings. The number of hydrogen-bond donors (Lipinski definition) is 0. The zero-order valence-electron chi connectivity index (χ0n) is 9.93. The fourth-order valence-electron chi connectivity index (χ4n) is 1.22. The van der Waals surface area contributed by atoms with Gasteiger partial charge in [0.05, 0.1) is 19.5 Å². The van der Waals surface area contributed by atoms with Crippen LogP contribution in [0.5, 0.6) is 0 Å². The zero-order valence-corrected chi connectivity index (χ0v) is 9.93. The molecule has 0 bridgehead atoms. The molecule has 3 heteroatoms. The average Bonchev–Trinajstić information content (AvgIpc) is 2.38. The predicted octanol–water partition coefficient (Wildman–Crippen LogP) is 2.85. The highest BCUT2D eigenvalue weighted by Gasteiger charge is 1.98. The highest BCUT2D eigenvalue weighted by molar-refractivity contribution is 5.56. The van der Waals surface area contributed by atoms with Gasteiger partial charge in [-0.1, -0.05) is 43.5 Å². The van der Waals surface area contributed by atoms with Crippen molar-refractivity contribution < 1.29 is 14.2 Å². The molecule has 1 rings (SSSR count). The Labute approximate surface area is 102 Å². The van der Waals surface area contributed by atoms with Crippen molar-refractivity contribution in [2.75, 3.05) is 26.4 Å². The van der Waals surface area contributed by atoms with Gasteiger partial charge in [-0.25, -0.2) is 0 Å². The van der Waals surface area contributed by atoms with E-state index in [1.54, 1.807) is 0 Å². The first-order chi connectivity index (χ1) is 8.34. The lowest BCUT2D eigenvalue weighted by atomic mass is 10.2. The third-order valence-corrected chi connectivity index (χ3v) is 2.06. The average molecular weight is 234 g/mol. The van der Waals surface area contributed by atoms with Crippen LogP contribution in [-0.4, -0.2) is 26.4 Å². The summed E-state index contributed by atoms with van der Waals surface area (Å²) in [6, 6.07) is 9.78. The third-order valence-electron chi connectivity index (χ3n) is 2.06. The van der Waals surface area contributed by atoms with Crippen molar-refractivity contribution in [1.29, 1.82) is 0 Å². The lowest BCUT2D eigenvalue weighted by Crippen LogP contribution is -2.07. The molecule has 1 aromatic carbocycles. The van der Waals surface area contributed by atoms with Crippen molar-refractivity contribution >= 4 is 5.76 Å². The summed E-state index contributed by atoms with van der Waals surface area (Å²) < 4.78 is 15.6. The van der Waals surface area contributed by atoms with Gasteiger partial charge in [-0.2, -0.15) is 0 Å². The van der Waals surface area contributed by atoms with Crippen LogP contribution in [0.15, 0.2) is 49.8 Å².